The van der Waals surface area contributed by atoms with Crippen LogP contribution in [0.5, 0.6) is 0 Å². The van der Waals surface area contributed by atoms with Crippen LogP contribution in [0.15, 0.2) is 78.8 Å². The third kappa shape index (κ3) is 2.96. The predicted molar refractivity (Wildman–Crippen MR) is 114 cm³/mol. The van der Waals surface area contributed by atoms with Crippen LogP contribution in [0.1, 0.15) is 17.2 Å². The van der Waals surface area contributed by atoms with Crippen molar-refractivity contribution in [3.63, 3.8) is 0 Å². The van der Waals surface area contributed by atoms with Gasteiger partial charge in [-0.15, -0.1) is 0 Å². The van der Waals surface area contributed by atoms with Gasteiger partial charge in [-0.2, -0.15) is 0 Å². The summed E-state index contributed by atoms with van der Waals surface area (Å²) in [5.41, 5.74) is 1.03. The number of benzene rings is 2. The normalized spacial score (nSPS) is 17.9. The van der Waals surface area contributed by atoms with E-state index in [2.05, 4.69) is 9.97 Å². The van der Waals surface area contributed by atoms with Crippen molar-refractivity contribution in [3.8, 4) is 0 Å². The number of nitrogens with zero attached hydrogens (tertiary/aromatic N) is 2. The minimum absolute atomic E-state index is 0.199. The number of halogens is 2. The number of rotatable bonds is 3. The molecule has 4 aromatic rings. The van der Waals surface area contributed by atoms with Gasteiger partial charge in [0.15, 0.2) is 0 Å². The summed E-state index contributed by atoms with van der Waals surface area (Å²) in [6.45, 7) is 0. The second kappa shape index (κ2) is 7.42. The minimum atomic E-state index is -1.13. The zero-order valence-corrected chi connectivity index (χ0v) is 16.4. The van der Waals surface area contributed by atoms with Gasteiger partial charge in [-0.25, -0.2) is 8.78 Å². The molecule has 6 nitrogen and oxygen atoms in total. The highest BCUT2D eigenvalue weighted by atomic mass is 19.1. The number of amides is 1. The largest absolute Gasteiger partial charge is 0.507 e. The fourth-order valence-electron chi connectivity index (χ4n) is 4.03. The summed E-state index contributed by atoms with van der Waals surface area (Å²) in [5.74, 6) is -4.22. The molecule has 32 heavy (non-hydrogen) atoms. The van der Waals surface area contributed by atoms with E-state index in [1.807, 2.05) is 6.07 Å². The predicted octanol–water partition coefficient (Wildman–Crippen LogP) is 4.47. The highest BCUT2D eigenvalue weighted by Crippen LogP contribution is 2.43. The number of carbonyl (C=O) groups excluding carboxylic acids is 2. The van der Waals surface area contributed by atoms with Crippen LogP contribution in [0, 0.1) is 11.6 Å². The maximum atomic E-state index is 14.7. The Balaban J connectivity index is 1.77. The fourth-order valence-corrected chi connectivity index (χ4v) is 4.03. The number of nitrogens with one attached hydrogen (secondary N) is 1. The number of para-hydroxylation sites is 1. The number of hydrogen-bond donors (Lipinski definition) is 2. The van der Waals surface area contributed by atoms with Crippen molar-refractivity contribution < 1.29 is 23.5 Å². The number of fused-ring (bicyclic) bond motifs is 1. The Morgan fingerprint density at radius 2 is 1.78 bits per heavy atom. The average Bonchev–Trinajstić information content (AvgIpc) is 3.34. The van der Waals surface area contributed by atoms with Crippen LogP contribution >= 0.6 is 0 Å². The van der Waals surface area contributed by atoms with Gasteiger partial charge in [0, 0.05) is 41.1 Å². The average molecular weight is 431 g/mol. The van der Waals surface area contributed by atoms with E-state index in [1.165, 1.54) is 18.6 Å². The molecule has 2 aromatic carbocycles. The van der Waals surface area contributed by atoms with Crippen molar-refractivity contribution in [3.05, 3.63) is 102 Å². The minimum Gasteiger partial charge on any atom is -0.507 e. The third-order valence-electron chi connectivity index (χ3n) is 5.48. The molecule has 0 radical (unpaired) electrons. The van der Waals surface area contributed by atoms with Crippen molar-refractivity contribution in [2.75, 3.05) is 4.90 Å². The number of anilines is 1. The summed E-state index contributed by atoms with van der Waals surface area (Å²) in [7, 11) is 0. The summed E-state index contributed by atoms with van der Waals surface area (Å²) < 4.78 is 28.2. The number of H-pyrrole nitrogens is 1. The summed E-state index contributed by atoms with van der Waals surface area (Å²) in [6.07, 6.45) is 4.46. The van der Waals surface area contributed by atoms with Gasteiger partial charge in [0.2, 0.25) is 0 Å². The maximum absolute atomic E-state index is 14.7. The number of aromatic nitrogens is 2. The van der Waals surface area contributed by atoms with Gasteiger partial charge in [0.05, 0.1) is 17.3 Å². The standard InChI is InChI=1S/C24H15F2N3O3/c25-14-5-6-19(17(26)11-14)29-21(13-7-9-27-10-8-13)20(23(31)24(29)32)22(30)16-12-28-18-4-2-1-3-15(16)18/h1-12,21,28,30H/b22-20-. The number of aliphatic hydroxyl groups is 1. The van der Waals surface area contributed by atoms with Gasteiger partial charge in [0.25, 0.3) is 11.7 Å². The van der Waals surface area contributed by atoms with Gasteiger partial charge >= 0.3 is 0 Å². The Bertz CT molecular complexity index is 1410. The van der Waals surface area contributed by atoms with Crippen LogP contribution in [0.25, 0.3) is 16.7 Å². The van der Waals surface area contributed by atoms with E-state index in [4.69, 9.17) is 0 Å². The summed E-state index contributed by atoms with van der Waals surface area (Å²) in [4.78, 5) is 34.0. The van der Waals surface area contributed by atoms with Crippen LogP contribution in [0.2, 0.25) is 0 Å². The fraction of sp³-hybridized carbons (Fsp3) is 0.0417. The Kier molecular flexibility index (Phi) is 4.55. The van der Waals surface area contributed by atoms with Crippen LogP contribution in [0.4, 0.5) is 14.5 Å². The lowest BCUT2D eigenvalue weighted by Crippen LogP contribution is -2.30. The van der Waals surface area contributed by atoms with Crippen LogP contribution in [-0.4, -0.2) is 26.8 Å². The molecule has 158 valence electrons. The van der Waals surface area contributed by atoms with Gasteiger partial charge in [-0.1, -0.05) is 18.2 Å². The number of Topliss-reactive ketones (excluding diaryl/α,β-unsaturated/α-hetero) is 1. The van der Waals surface area contributed by atoms with Crippen LogP contribution in [0.3, 0.4) is 0 Å². The summed E-state index contributed by atoms with van der Waals surface area (Å²) >= 11 is 0. The lowest BCUT2D eigenvalue weighted by Gasteiger charge is -2.25. The van der Waals surface area contributed by atoms with Gasteiger partial charge in [-0.3, -0.25) is 19.5 Å². The molecule has 2 aromatic heterocycles. The molecule has 1 aliphatic heterocycles. The molecule has 1 fully saturated rings. The quantitative estimate of drug-likeness (QED) is 0.285. The molecule has 1 saturated heterocycles. The van der Waals surface area contributed by atoms with E-state index in [0.29, 0.717) is 22.6 Å². The van der Waals surface area contributed by atoms with Crippen molar-refractivity contribution >= 4 is 34.0 Å². The van der Waals surface area contributed by atoms with Gasteiger partial charge in [0.1, 0.15) is 17.4 Å². The lowest BCUT2D eigenvalue weighted by molar-refractivity contribution is -0.132. The molecule has 2 N–H and O–H groups in total. The molecule has 0 bridgehead atoms. The van der Waals surface area contributed by atoms with Crippen molar-refractivity contribution in [1.29, 1.82) is 0 Å². The van der Waals surface area contributed by atoms with E-state index in [9.17, 15) is 23.5 Å². The summed E-state index contributed by atoms with van der Waals surface area (Å²) in [5, 5.41) is 11.8. The topological polar surface area (TPSA) is 86.3 Å². The summed E-state index contributed by atoms with van der Waals surface area (Å²) in [6, 6.07) is 11.9. The highest BCUT2D eigenvalue weighted by molar-refractivity contribution is 6.51. The number of hydrogen-bond acceptors (Lipinski definition) is 4. The molecule has 0 spiro atoms. The molecule has 8 heteroatoms. The first-order chi connectivity index (χ1) is 15.5. The van der Waals surface area contributed by atoms with Crippen molar-refractivity contribution in [2.45, 2.75) is 6.04 Å². The van der Waals surface area contributed by atoms with E-state index in [1.54, 1.807) is 30.3 Å². The molecule has 1 unspecified atom stereocenters. The Labute approximate surface area is 180 Å². The zero-order valence-electron chi connectivity index (χ0n) is 16.4. The Morgan fingerprint density at radius 3 is 2.53 bits per heavy atom. The molecule has 5 rings (SSSR count). The molecular formula is C24H15F2N3O3. The highest BCUT2D eigenvalue weighted by Gasteiger charge is 2.48. The maximum Gasteiger partial charge on any atom is 0.300 e. The molecule has 3 heterocycles. The second-order valence-corrected chi connectivity index (χ2v) is 7.29. The van der Waals surface area contributed by atoms with E-state index >= 15 is 0 Å². The number of aromatic amines is 1. The first kappa shape index (κ1) is 19.6. The molecule has 0 aliphatic carbocycles. The van der Waals surface area contributed by atoms with Crippen LogP contribution < -0.4 is 4.90 Å². The number of carbonyl (C=O) groups is 2. The van der Waals surface area contributed by atoms with Crippen molar-refractivity contribution in [1.82, 2.24) is 9.97 Å². The third-order valence-corrected chi connectivity index (χ3v) is 5.48. The second-order valence-electron chi connectivity index (χ2n) is 7.29. The number of aliphatic hydroxyl groups excluding tert-OH is 1. The zero-order chi connectivity index (χ0) is 22.4. The van der Waals surface area contributed by atoms with Gasteiger partial charge < -0.3 is 10.1 Å². The monoisotopic (exact) mass is 431 g/mol. The molecular weight excluding hydrogens is 416 g/mol. The molecule has 0 saturated carbocycles. The number of ketones is 1. The molecule has 1 atom stereocenters. The first-order valence-corrected chi connectivity index (χ1v) is 9.70. The smallest absolute Gasteiger partial charge is 0.300 e. The lowest BCUT2D eigenvalue weighted by atomic mass is 9.95. The first-order valence-electron chi connectivity index (χ1n) is 9.70. The van der Waals surface area contributed by atoms with E-state index in [-0.39, 0.29) is 11.3 Å². The van der Waals surface area contributed by atoms with E-state index < -0.39 is 35.1 Å². The Morgan fingerprint density at radius 1 is 1.03 bits per heavy atom. The van der Waals surface area contributed by atoms with Crippen LogP contribution in [-0.2, 0) is 9.59 Å². The molecule has 1 aliphatic rings. The Hall–Kier alpha value is -4.33. The molecule has 1 amide bonds. The van der Waals surface area contributed by atoms with Crippen molar-refractivity contribution in [2.24, 2.45) is 0 Å². The van der Waals surface area contributed by atoms with E-state index in [0.717, 1.165) is 22.5 Å². The SMILES string of the molecule is O=C1C(=O)N(c2ccc(F)cc2F)C(c2ccncc2)/C1=C(/O)c1c[nH]c2ccccc12. The van der Waals surface area contributed by atoms with Gasteiger partial charge in [-0.05, 0) is 35.9 Å². The number of pyridine rings is 1.